The third-order valence-electron chi connectivity index (χ3n) is 3.01. The van der Waals surface area contributed by atoms with Gasteiger partial charge in [-0.15, -0.1) is 0 Å². The maximum Gasteiger partial charge on any atom is 0.166 e. The van der Waals surface area contributed by atoms with Crippen LogP contribution < -0.4 is 4.74 Å². The molecule has 0 atom stereocenters. The average Bonchev–Trinajstić information content (AvgIpc) is 2.46. The summed E-state index contributed by atoms with van der Waals surface area (Å²) in [6.07, 6.45) is 0. The van der Waals surface area contributed by atoms with Crippen LogP contribution in [0.5, 0.6) is 5.75 Å². The largest absolute Gasteiger partial charge is 0.497 e. The second kappa shape index (κ2) is 5.70. The van der Waals surface area contributed by atoms with E-state index in [1.54, 1.807) is 13.2 Å². The Morgan fingerprint density at radius 2 is 2.00 bits per heavy atom. The third kappa shape index (κ3) is 2.84. The molecule has 19 heavy (non-hydrogen) atoms. The first-order chi connectivity index (χ1) is 9.13. The SMILES string of the molecule is COc1cccc(-c2ccc[c]c2C(=O)C(C)C)c1. The van der Waals surface area contributed by atoms with Crippen molar-refractivity contribution in [1.29, 1.82) is 0 Å². The van der Waals surface area contributed by atoms with Gasteiger partial charge in [-0.2, -0.15) is 0 Å². The van der Waals surface area contributed by atoms with Gasteiger partial charge in [0.2, 0.25) is 0 Å². The molecule has 0 unspecified atom stereocenters. The maximum absolute atomic E-state index is 12.2. The van der Waals surface area contributed by atoms with Crippen LogP contribution >= 0.6 is 0 Å². The normalized spacial score (nSPS) is 10.5. The van der Waals surface area contributed by atoms with Gasteiger partial charge in [0.25, 0.3) is 0 Å². The minimum atomic E-state index is -0.0389. The molecule has 0 saturated carbocycles. The van der Waals surface area contributed by atoms with E-state index < -0.39 is 0 Å². The summed E-state index contributed by atoms with van der Waals surface area (Å²) in [5.74, 6) is 0.853. The molecular formula is C17H17O2. The topological polar surface area (TPSA) is 26.3 Å². The molecule has 1 radical (unpaired) electrons. The van der Waals surface area contributed by atoms with Gasteiger partial charge < -0.3 is 4.74 Å². The summed E-state index contributed by atoms with van der Waals surface area (Å²) in [7, 11) is 1.64. The monoisotopic (exact) mass is 253 g/mol. The van der Waals surface area contributed by atoms with E-state index in [2.05, 4.69) is 6.07 Å². The molecule has 0 spiro atoms. The van der Waals surface area contributed by atoms with E-state index in [9.17, 15) is 4.79 Å². The van der Waals surface area contributed by atoms with E-state index >= 15 is 0 Å². The Balaban J connectivity index is 2.53. The fraction of sp³-hybridized carbons (Fsp3) is 0.235. The van der Waals surface area contributed by atoms with Crippen molar-refractivity contribution in [2.45, 2.75) is 13.8 Å². The molecule has 2 rings (SSSR count). The summed E-state index contributed by atoms with van der Waals surface area (Å²) in [6.45, 7) is 3.80. The fourth-order valence-corrected chi connectivity index (χ4v) is 1.96. The second-order valence-corrected chi connectivity index (χ2v) is 4.71. The van der Waals surface area contributed by atoms with Gasteiger partial charge >= 0.3 is 0 Å². The van der Waals surface area contributed by atoms with Crippen LogP contribution in [0.15, 0.2) is 42.5 Å². The van der Waals surface area contributed by atoms with Gasteiger partial charge in [-0.25, -0.2) is 0 Å². The van der Waals surface area contributed by atoms with Crippen LogP contribution in [0.1, 0.15) is 24.2 Å². The van der Waals surface area contributed by atoms with Gasteiger partial charge in [0, 0.05) is 11.5 Å². The van der Waals surface area contributed by atoms with E-state index in [0.717, 1.165) is 16.9 Å². The first-order valence-electron chi connectivity index (χ1n) is 6.33. The van der Waals surface area contributed by atoms with Crippen molar-refractivity contribution in [3.8, 4) is 16.9 Å². The van der Waals surface area contributed by atoms with Gasteiger partial charge in [0.1, 0.15) is 5.75 Å². The predicted octanol–water partition coefficient (Wildman–Crippen LogP) is 4.00. The van der Waals surface area contributed by atoms with Crippen LogP contribution in [0.3, 0.4) is 0 Å². The van der Waals surface area contributed by atoms with Gasteiger partial charge in [0.05, 0.1) is 7.11 Å². The van der Waals surface area contributed by atoms with Crippen LogP contribution in [0.4, 0.5) is 0 Å². The zero-order valence-electron chi connectivity index (χ0n) is 11.4. The Morgan fingerprint density at radius 1 is 1.21 bits per heavy atom. The number of carbonyl (C=O) groups excluding carboxylic acids is 1. The van der Waals surface area contributed by atoms with Crippen molar-refractivity contribution in [3.63, 3.8) is 0 Å². The zero-order chi connectivity index (χ0) is 13.8. The van der Waals surface area contributed by atoms with Gasteiger partial charge in [-0.1, -0.05) is 44.2 Å². The third-order valence-corrected chi connectivity index (χ3v) is 3.01. The Morgan fingerprint density at radius 3 is 2.68 bits per heavy atom. The smallest absolute Gasteiger partial charge is 0.166 e. The summed E-state index contributed by atoms with van der Waals surface area (Å²) in [6, 6.07) is 16.4. The van der Waals surface area contributed by atoms with Gasteiger partial charge in [0.15, 0.2) is 5.78 Å². The number of ether oxygens (including phenoxy) is 1. The summed E-state index contributed by atoms with van der Waals surface area (Å²) < 4.78 is 5.23. The molecule has 0 saturated heterocycles. The molecule has 0 amide bonds. The van der Waals surface area contributed by atoms with Crippen molar-refractivity contribution in [1.82, 2.24) is 0 Å². The molecule has 2 aromatic carbocycles. The number of benzene rings is 2. The van der Waals surface area contributed by atoms with Crippen LogP contribution in [-0.4, -0.2) is 12.9 Å². The summed E-state index contributed by atoms with van der Waals surface area (Å²) >= 11 is 0. The Kier molecular flexibility index (Phi) is 4.00. The molecule has 0 fully saturated rings. The molecule has 2 nitrogen and oxygen atoms in total. The highest BCUT2D eigenvalue weighted by Crippen LogP contribution is 2.28. The van der Waals surface area contributed by atoms with Crippen LogP contribution in [0.25, 0.3) is 11.1 Å². The van der Waals surface area contributed by atoms with Gasteiger partial charge in [-0.3, -0.25) is 4.79 Å². The molecule has 0 aliphatic heterocycles. The van der Waals surface area contributed by atoms with Crippen molar-refractivity contribution in [2.75, 3.05) is 7.11 Å². The lowest BCUT2D eigenvalue weighted by Crippen LogP contribution is -2.09. The summed E-state index contributed by atoms with van der Waals surface area (Å²) in [5, 5.41) is 0. The summed E-state index contributed by atoms with van der Waals surface area (Å²) in [5.41, 5.74) is 2.52. The molecule has 0 aromatic heterocycles. The Bertz CT molecular complexity index is 585. The predicted molar refractivity (Wildman–Crippen MR) is 76.4 cm³/mol. The van der Waals surface area contributed by atoms with E-state index in [1.807, 2.05) is 50.2 Å². The fourth-order valence-electron chi connectivity index (χ4n) is 1.96. The first-order valence-corrected chi connectivity index (χ1v) is 6.33. The van der Waals surface area contributed by atoms with Crippen LogP contribution in [0.2, 0.25) is 0 Å². The standard InChI is InChI=1S/C17H17O2/c1-12(2)17(18)16-10-5-4-9-15(16)13-7-6-8-14(11-13)19-3/h4-9,11-12H,1-3H3. The van der Waals surface area contributed by atoms with Crippen molar-refractivity contribution in [3.05, 3.63) is 54.1 Å². The Labute approximate surface area is 114 Å². The molecule has 97 valence electrons. The lowest BCUT2D eigenvalue weighted by atomic mass is 9.92. The number of hydrogen-bond acceptors (Lipinski definition) is 2. The van der Waals surface area contributed by atoms with Crippen LogP contribution in [0, 0.1) is 12.0 Å². The minimum absolute atomic E-state index is 0.0389. The van der Waals surface area contributed by atoms with Gasteiger partial charge in [-0.05, 0) is 29.3 Å². The lowest BCUT2D eigenvalue weighted by Gasteiger charge is -2.11. The molecule has 2 aromatic rings. The molecule has 0 bridgehead atoms. The van der Waals surface area contributed by atoms with Crippen LogP contribution in [-0.2, 0) is 0 Å². The van der Waals surface area contributed by atoms with E-state index in [-0.39, 0.29) is 11.7 Å². The number of Topliss-reactive ketones (excluding diaryl/α,β-unsaturated/α-hetero) is 1. The molecular weight excluding hydrogens is 236 g/mol. The number of hydrogen-bond donors (Lipinski definition) is 0. The Hall–Kier alpha value is -2.09. The number of methoxy groups -OCH3 is 1. The van der Waals surface area contributed by atoms with Crippen molar-refractivity contribution < 1.29 is 9.53 Å². The highest BCUT2D eigenvalue weighted by molar-refractivity contribution is 6.03. The number of ketones is 1. The van der Waals surface area contributed by atoms with Crippen molar-refractivity contribution in [2.24, 2.45) is 5.92 Å². The quantitative estimate of drug-likeness (QED) is 0.770. The van der Waals surface area contributed by atoms with E-state index in [1.165, 1.54) is 0 Å². The van der Waals surface area contributed by atoms with Crippen molar-refractivity contribution >= 4 is 5.78 Å². The molecule has 0 aliphatic rings. The van der Waals surface area contributed by atoms with E-state index in [0.29, 0.717) is 5.56 Å². The zero-order valence-corrected chi connectivity index (χ0v) is 11.4. The molecule has 0 heterocycles. The minimum Gasteiger partial charge on any atom is -0.497 e. The highest BCUT2D eigenvalue weighted by Gasteiger charge is 2.15. The first kappa shape index (κ1) is 13.3. The molecule has 2 heteroatoms. The lowest BCUT2D eigenvalue weighted by molar-refractivity contribution is 0.0940. The van der Waals surface area contributed by atoms with E-state index in [4.69, 9.17) is 4.74 Å². The average molecular weight is 253 g/mol. The highest BCUT2D eigenvalue weighted by atomic mass is 16.5. The summed E-state index contributed by atoms with van der Waals surface area (Å²) in [4.78, 5) is 12.2. The second-order valence-electron chi connectivity index (χ2n) is 4.71. The maximum atomic E-state index is 12.2. The number of rotatable bonds is 4. The number of carbonyl (C=O) groups is 1. The molecule has 0 N–H and O–H groups in total. The molecule has 0 aliphatic carbocycles.